The smallest absolute Gasteiger partial charge is 0.0724 e. The summed E-state index contributed by atoms with van der Waals surface area (Å²) in [6.45, 7) is 8.70. The predicted octanol–water partition coefficient (Wildman–Crippen LogP) is 3.91. The molecule has 0 aliphatic carbocycles. The van der Waals surface area contributed by atoms with Crippen LogP contribution in [0.15, 0.2) is 0 Å². The monoisotopic (exact) mass is 189 g/mol. The van der Waals surface area contributed by atoms with Crippen molar-refractivity contribution in [2.75, 3.05) is 12.3 Å². The van der Waals surface area contributed by atoms with Crippen LogP contribution >= 0.6 is 7.80 Å². The first-order valence-corrected chi connectivity index (χ1v) is 6.65. The van der Waals surface area contributed by atoms with Gasteiger partial charge in [-0.15, -0.1) is 0 Å². The quantitative estimate of drug-likeness (QED) is 0.579. The second kappa shape index (κ2) is 6.60. The van der Waals surface area contributed by atoms with Crippen molar-refractivity contribution >= 4 is 7.80 Å². The Balaban J connectivity index is 3.59. The van der Waals surface area contributed by atoms with Crippen molar-refractivity contribution in [3.8, 4) is 0 Å². The van der Waals surface area contributed by atoms with Gasteiger partial charge >= 0.3 is 0 Å². The molecule has 2 unspecified atom stereocenters. The standard InChI is InChI=1S/C10H22OP/c1-5-9(3)7-12(11)8-10(4)6-2/h9-10H,5-8H2,1-4H3. The van der Waals surface area contributed by atoms with Crippen molar-refractivity contribution in [1.29, 1.82) is 0 Å². The minimum absolute atomic E-state index is 0.637. The molecule has 0 aromatic rings. The van der Waals surface area contributed by atoms with Crippen LogP contribution < -0.4 is 0 Å². The summed E-state index contributed by atoms with van der Waals surface area (Å²) in [6, 6.07) is 0. The third-order valence-electron chi connectivity index (χ3n) is 2.42. The second-order valence-electron chi connectivity index (χ2n) is 3.87. The van der Waals surface area contributed by atoms with Crippen LogP contribution in [0.1, 0.15) is 40.5 Å². The molecule has 0 spiro atoms. The summed E-state index contributed by atoms with van der Waals surface area (Å²) in [5.41, 5.74) is 0. The lowest BCUT2D eigenvalue weighted by Gasteiger charge is -2.10. The Kier molecular flexibility index (Phi) is 6.65. The molecule has 1 nitrogen and oxygen atoms in total. The van der Waals surface area contributed by atoms with Crippen LogP contribution in [0.25, 0.3) is 0 Å². The van der Waals surface area contributed by atoms with Gasteiger partial charge in [-0.05, 0) is 11.8 Å². The molecule has 0 aliphatic rings. The van der Waals surface area contributed by atoms with E-state index in [2.05, 4.69) is 27.7 Å². The molecule has 2 heteroatoms. The number of hydrogen-bond acceptors (Lipinski definition) is 1. The van der Waals surface area contributed by atoms with E-state index in [1.807, 2.05) is 0 Å². The van der Waals surface area contributed by atoms with Gasteiger partial charge in [0.1, 0.15) is 0 Å². The van der Waals surface area contributed by atoms with Crippen LogP contribution in [0.3, 0.4) is 0 Å². The van der Waals surface area contributed by atoms with Crippen molar-refractivity contribution < 1.29 is 4.57 Å². The van der Waals surface area contributed by atoms with E-state index in [9.17, 15) is 4.57 Å². The summed E-state index contributed by atoms with van der Waals surface area (Å²) >= 11 is 0. The van der Waals surface area contributed by atoms with Crippen LogP contribution in [0.2, 0.25) is 0 Å². The fourth-order valence-corrected chi connectivity index (χ4v) is 3.08. The fourth-order valence-electron chi connectivity index (χ4n) is 1.03. The molecule has 2 atom stereocenters. The van der Waals surface area contributed by atoms with E-state index >= 15 is 0 Å². The molecule has 0 aromatic carbocycles. The first-order chi connectivity index (χ1) is 5.60. The Hall–Kier alpha value is 0.100. The van der Waals surface area contributed by atoms with Crippen molar-refractivity contribution in [2.24, 2.45) is 11.8 Å². The maximum absolute atomic E-state index is 11.5. The summed E-state index contributed by atoms with van der Waals surface area (Å²) in [5, 5.41) is 0. The molecule has 0 saturated heterocycles. The minimum Gasteiger partial charge on any atom is -0.287 e. The highest BCUT2D eigenvalue weighted by molar-refractivity contribution is 7.44. The van der Waals surface area contributed by atoms with Crippen molar-refractivity contribution in [3.63, 3.8) is 0 Å². The molecule has 0 aliphatic heterocycles. The molecular weight excluding hydrogens is 167 g/mol. The van der Waals surface area contributed by atoms with E-state index in [1.165, 1.54) is 0 Å². The van der Waals surface area contributed by atoms with Crippen molar-refractivity contribution in [1.82, 2.24) is 0 Å². The predicted molar refractivity (Wildman–Crippen MR) is 56.3 cm³/mol. The summed E-state index contributed by atoms with van der Waals surface area (Å²) in [7, 11) is -0.921. The zero-order chi connectivity index (χ0) is 9.56. The Bertz CT molecular complexity index is 120. The van der Waals surface area contributed by atoms with Crippen molar-refractivity contribution in [3.05, 3.63) is 0 Å². The molecule has 1 radical (unpaired) electrons. The minimum atomic E-state index is -0.921. The summed E-state index contributed by atoms with van der Waals surface area (Å²) < 4.78 is 11.5. The molecule has 73 valence electrons. The first-order valence-electron chi connectivity index (χ1n) is 5.02. The zero-order valence-electron chi connectivity index (χ0n) is 8.84. The van der Waals surface area contributed by atoms with Gasteiger partial charge < -0.3 is 0 Å². The van der Waals surface area contributed by atoms with Gasteiger partial charge in [-0.3, -0.25) is 4.57 Å². The van der Waals surface area contributed by atoms with E-state index < -0.39 is 7.80 Å². The normalized spacial score (nSPS) is 17.2. The van der Waals surface area contributed by atoms with Gasteiger partial charge in [0.2, 0.25) is 0 Å². The zero-order valence-corrected chi connectivity index (χ0v) is 9.73. The maximum atomic E-state index is 11.5. The highest BCUT2D eigenvalue weighted by Crippen LogP contribution is 2.28. The average Bonchev–Trinajstić information content (AvgIpc) is 2.03. The first kappa shape index (κ1) is 12.1. The van der Waals surface area contributed by atoms with Crippen LogP contribution in [0, 0.1) is 11.8 Å². The van der Waals surface area contributed by atoms with Crippen LogP contribution in [-0.4, -0.2) is 12.3 Å². The van der Waals surface area contributed by atoms with Crippen LogP contribution in [-0.2, 0) is 4.57 Å². The maximum Gasteiger partial charge on any atom is 0.0724 e. The van der Waals surface area contributed by atoms with Crippen molar-refractivity contribution in [2.45, 2.75) is 40.5 Å². The highest BCUT2D eigenvalue weighted by atomic mass is 31.1. The SMILES string of the molecule is CCC(C)C[P](=O)CC(C)CC. The fraction of sp³-hybridized carbons (Fsp3) is 1.00. The van der Waals surface area contributed by atoms with Gasteiger partial charge in [-0.1, -0.05) is 40.5 Å². The molecule has 0 fully saturated rings. The molecule has 0 amide bonds. The van der Waals surface area contributed by atoms with Gasteiger partial charge in [0.15, 0.2) is 0 Å². The summed E-state index contributed by atoms with van der Waals surface area (Å²) in [4.78, 5) is 0. The topological polar surface area (TPSA) is 17.1 Å². The van der Waals surface area contributed by atoms with Gasteiger partial charge in [-0.25, -0.2) is 0 Å². The number of rotatable bonds is 6. The Morgan fingerprint density at radius 2 is 1.33 bits per heavy atom. The van der Waals surface area contributed by atoms with Gasteiger partial charge in [0, 0.05) is 12.3 Å². The molecule has 12 heavy (non-hydrogen) atoms. The Labute approximate surface area is 77.7 Å². The second-order valence-corrected chi connectivity index (χ2v) is 5.57. The summed E-state index contributed by atoms with van der Waals surface area (Å²) in [6.07, 6.45) is 4.16. The third kappa shape index (κ3) is 5.71. The van der Waals surface area contributed by atoms with E-state index in [0.717, 1.165) is 25.2 Å². The summed E-state index contributed by atoms with van der Waals surface area (Å²) in [5.74, 6) is 1.27. The Morgan fingerprint density at radius 3 is 1.58 bits per heavy atom. The molecule has 0 N–H and O–H groups in total. The third-order valence-corrected chi connectivity index (χ3v) is 4.49. The lowest BCUT2D eigenvalue weighted by atomic mass is 10.2. The molecule has 0 heterocycles. The van der Waals surface area contributed by atoms with E-state index in [0.29, 0.717) is 11.8 Å². The molecule has 0 rings (SSSR count). The Morgan fingerprint density at radius 1 is 1.00 bits per heavy atom. The van der Waals surface area contributed by atoms with Crippen LogP contribution in [0.5, 0.6) is 0 Å². The van der Waals surface area contributed by atoms with Gasteiger partial charge in [0.25, 0.3) is 0 Å². The average molecular weight is 189 g/mol. The molecular formula is C10H22OP. The van der Waals surface area contributed by atoms with E-state index in [-0.39, 0.29) is 0 Å². The molecule has 0 aromatic heterocycles. The van der Waals surface area contributed by atoms with Crippen LogP contribution in [0.4, 0.5) is 0 Å². The molecule has 0 saturated carbocycles. The van der Waals surface area contributed by atoms with Gasteiger partial charge in [0.05, 0.1) is 7.80 Å². The largest absolute Gasteiger partial charge is 0.287 e. The lowest BCUT2D eigenvalue weighted by molar-refractivity contribution is 0.550. The lowest BCUT2D eigenvalue weighted by Crippen LogP contribution is -2.01. The molecule has 0 bridgehead atoms. The van der Waals surface area contributed by atoms with E-state index in [4.69, 9.17) is 0 Å². The number of hydrogen-bond donors (Lipinski definition) is 0. The highest BCUT2D eigenvalue weighted by Gasteiger charge is 2.09. The van der Waals surface area contributed by atoms with E-state index in [1.54, 1.807) is 0 Å². The van der Waals surface area contributed by atoms with Gasteiger partial charge in [-0.2, -0.15) is 0 Å².